The van der Waals surface area contributed by atoms with Crippen molar-refractivity contribution in [1.29, 1.82) is 0 Å². The number of aryl methyl sites for hydroxylation is 1. The largest absolute Gasteiger partial charge is 0.495 e. The fourth-order valence-electron chi connectivity index (χ4n) is 4.07. The van der Waals surface area contributed by atoms with Crippen molar-refractivity contribution in [2.24, 2.45) is 0 Å². The van der Waals surface area contributed by atoms with E-state index < -0.39 is 0 Å². The van der Waals surface area contributed by atoms with Crippen LogP contribution < -0.4 is 9.64 Å². The quantitative estimate of drug-likeness (QED) is 0.611. The molecule has 0 radical (unpaired) electrons. The van der Waals surface area contributed by atoms with E-state index in [1.54, 1.807) is 25.1 Å². The minimum atomic E-state index is -0.312. The van der Waals surface area contributed by atoms with Crippen LogP contribution in [0.2, 0.25) is 0 Å². The summed E-state index contributed by atoms with van der Waals surface area (Å²) in [5.74, 6) is 0.784. The van der Waals surface area contributed by atoms with Crippen LogP contribution in [0.15, 0.2) is 42.5 Å². The lowest BCUT2D eigenvalue weighted by molar-refractivity contribution is 0.0987. The van der Waals surface area contributed by atoms with Crippen LogP contribution in [-0.2, 0) is 13.0 Å². The topological polar surface area (TPSA) is 47.4 Å². The van der Waals surface area contributed by atoms with Crippen molar-refractivity contribution >= 4 is 11.6 Å². The van der Waals surface area contributed by atoms with Gasteiger partial charge in [0.25, 0.3) is 5.91 Å². The predicted octanol–water partition coefficient (Wildman–Crippen LogP) is 5.01. The Hall–Kier alpha value is -3.15. The van der Waals surface area contributed by atoms with Gasteiger partial charge in [-0.3, -0.25) is 4.79 Å². The standard InChI is InChI=1S/C24H26FN3O2/c1-16-11-12-21(30-3)20(14-16)27(2)24(29)22-19-10-5-4-6-13-28(19)23(26-22)17-8-7-9-18(25)15-17/h7-9,11-12,14-15H,4-6,10,13H2,1-3H3. The lowest BCUT2D eigenvalue weighted by atomic mass is 10.1. The molecule has 2 aromatic carbocycles. The first kappa shape index (κ1) is 20.1. The van der Waals surface area contributed by atoms with Gasteiger partial charge in [0.05, 0.1) is 18.5 Å². The molecule has 2 heterocycles. The number of anilines is 1. The second-order valence-electron chi connectivity index (χ2n) is 7.74. The molecular formula is C24H26FN3O2. The van der Waals surface area contributed by atoms with Gasteiger partial charge in [-0.15, -0.1) is 0 Å². The summed E-state index contributed by atoms with van der Waals surface area (Å²) < 4.78 is 21.4. The van der Waals surface area contributed by atoms with Crippen molar-refractivity contribution in [2.45, 2.75) is 39.2 Å². The number of halogens is 1. The summed E-state index contributed by atoms with van der Waals surface area (Å²) in [6, 6.07) is 12.1. The molecule has 0 saturated heterocycles. The van der Waals surface area contributed by atoms with E-state index in [4.69, 9.17) is 9.72 Å². The second kappa shape index (κ2) is 8.30. The van der Waals surface area contributed by atoms with Gasteiger partial charge in [0.1, 0.15) is 17.4 Å². The molecular weight excluding hydrogens is 381 g/mol. The third kappa shape index (κ3) is 3.70. The average Bonchev–Trinajstić information content (AvgIpc) is 2.93. The Morgan fingerprint density at radius 2 is 2.00 bits per heavy atom. The number of nitrogens with zero attached hydrogens (tertiary/aromatic N) is 3. The van der Waals surface area contributed by atoms with Crippen LogP contribution in [0.4, 0.5) is 10.1 Å². The zero-order valence-electron chi connectivity index (χ0n) is 17.6. The molecule has 156 valence electrons. The van der Waals surface area contributed by atoms with Gasteiger partial charge in [-0.1, -0.05) is 24.6 Å². The highest BCUT2D eigenvalue weighted by atomic mass is 19.1. The highest BCUT2D eigenvalue weighted by molar-refractivity contribution is 6.06. The molecule has 0 spiro atoms. The number of carbonyl (C=O) groups is 1. The highest BCUT2D eigenvalue weighted by Gasteiger charge is 2.28. The third-order valence-corrected chi connectivity index (χ3v) is 5.65. The molecule has 0 fully saturated rings. The van der Waals surface area contributed by atoms with Gasteiger partial charge in [-0.2, -0.15) is 0 Å². The number of benzene rings is 2. The summed E-state index contributed by atoms with van der Waals surface area (Å²) in [4.78, 5) is 19.9. The van der Waals surface area contributed by atoms with Crippen LogP contribution >= 0.6 is 0 Å². The first-order valence-corrected chi connectivity index (χ1v) is 10.3. The Labute approximate surface area is 176 Å². The third-order valence-electron chi connectivity index (χ3n) is 5.65. The first-order valence-electron chi connectivity index (χ1n) is 10.3. The summed E-state index contributed by atoms with van der Waals surface area (Å²) in [5.41, 5.74) is 3.78. The number of hydrogen-bond donors (Lipinski definition) is 0. The number of ether oxygens (including phenoxy) is 1. The smallest absolute Gasteiger partial charge is 0.278 e. The SMILES string of the molecule is COc1ccc(C)cc1N(C)C(=O)c1nc(-c2cccc(F)c2)n2c1CCCCC2. The van der Waals surface area contributed by atoms with Crippen molar-refractivity contribution < 1.29 is 13.9 Å². The maximum atomic E-state index is 13.9. The van der Waals surface area contributed by atoms with Crippen molar-refractivity contribution in [1.82, 2.24) is 9.55 Å². The van der Waals surface area contributed by atoms with Gasteiger partial charge in [0.15, 0.2) is 5.69 Å². The summed E-state index contributed by atoms with van der Waals surface area (Å²) in [6.45, 7) is 2.75. The first-order chi connectivity index (χ1) is 14.5. The molecule has 1 aliphatic heterocycles. The molecule has 1 amide bonds. The number of amides is 1. The zero-order chi connectivity index (χ0) is 21.3. The lowest BCUT2D eigenvalue weighted by Gasteiger charge is -2.20. The van der Waals surface area contributed by atoms with Crippen molar-refractivity contribution in [3.8, 4) is 17.1 Å². The fraction of sp³-hybridized carbons (Fsp3) is 0.333. The molecule has 0 unspecified atom stereocenters. The Bertz CT molecular complexity index is 1090. The normalized spacial score (nSPS) is 13.5. The van der Waals surface area contributed by atoms with Crippen LogP contribution in [0.5, 0.6) is 5.75 Å². The Balaban J connectivity index is 1.81. The number of fused-ring (bicyclic) bond motifs is 1. The molecule has 30 heavy (non-hydrogen) atoms. The van der Waals surface area contributed by atoms with Crippen LogP contribution in [0, 0.1) is 12.7 Å². The van der Waals surface area contributed by atoms with Crippen molar-refractivity contribution in [3.05, 3.63) is 65.2 Å². The average molecular weight is 407 g/mol. The molecule has 4 rings (SSSR count). The van der Waals surface area contributed by atoms with E-state index in [2.05, 4.69) is 4.57 Å². The number of aromatic nitrogens is 2. The molecule has 0 atom stereocenters. The predicted molar refractivity (Wildman–Crippen MR) is 116 cm³/mol. The minimum Gasteiger partial charge on any atom is -0.495 e. The summed E-state index contributed by atoms with van der Waals surface area (Å²) in [7, 11) is 3.33. The molecule has 1 aliphatic rings. The molecule has 6 heteroatoms. The number of hydrogen-bond acceptors (Lipinski definition) is 3. The van der Waals surface area contributed by atoms with E-state index in [0.29, 0.717) is 28.5 Å². The van der Waals surface area contributed by atoms with E-state index in [0.717, 1.165) is 43.5 Å². The van der Waals surface area contributed by atoms with E-state index >= 15 is 0 Å². The van der Waals surface area contributed by atoms with Gasteiger partial charge in [0, 0.05) is 19.2 Å². The maximum Gasteiger partial charge on any atom is 0.278 e. The Kier molecular flexibility index (Phi) is 5.57. The van der Waals surface area contributed by atoms with E-state index in [9.17, 15) is 9.18 Å². The van der Waals surface area contributed by atoms with Crippen molar-refractivity contribution in [3.63, 3.8) is 0 Å². The zero-order valence-corrected chi connectivity index (χ0v) is 17.6. The second-order valence-corrected chi connectivity index (χ2v) is 7.74. The van der Waals surface area contributed by atoms with E-state index in [-0.39, 0.29) is 11.7 Å². The molecule has 0 saturated carbocycles. The number of carbonyl (C=O) groups excluding carboxylic acids is 1. The summed E-state index contributed by atoms with van der Waals surface area (Å²) >= 11 is 0. The molecule has 0 aliphatic carbocycles. The fourth-order valence-corrected chi connectivity index (χ4v) is 4.07. The molecule has 5 nitrogen and oxygen atoms in total. The number of imidazole rings is 1. The minimum absolute atomic E-state index is 0.188. The van der Waals surface area contributed by atoms with E-state index in [1.165, 1.54) is 12.1 Å². The van der Waals surface area contributed by atoms with Crippen LogP contribution in [0.25, 0.3) is 11.4 Å². The van der Waals surface area contributed by atoms with Gasteiger partial charge >= 0.3 is 0 Å². The Morgan fingerprint density at radius 1 is 1.17 bits per heavy atom. The highest BCUT2D eigenvalue weighted by Crippen LogP contribution is 2.32. The maximum absolute atomic E-state index is 13.9. The van der Waals surface area contributed by atoms with Crippen LogP contribution in [0.3, 0.4) is 0 Å². The van der Waals surface area contributed by atoms with E-state index in [1.807, 2.05) is 31.2 Å². The van der Waals surface area contributed by atoms with Crippen LogP contribution in [-0.4, -0.2) is 29.6 Å². The molecule has 0 N–H and O–H groups in total. The lowest BCUT2D eigenvalue weighted by Crippen LogP contribution is -2.28. The molecule has 0 bridgehead atoms. The number of methoxy groups -OCH3 is 1. The summed E-state index contributed by atoms with van der Waals surface area (Å²) in [5, 5.41) is 0. The van der Waals surface area contributed by atoms with Gasteiger partial charge in [0.2, 0.25) is 0 Å². The number of rotatable bonds is 4. The molecule has 1 aromatic heterocycles. The van der Waals surface area contributed by atoms with Gasteiger partial charge in [-0.05, 0) is 56.0 Å². The molecule has 3 aromatic rings. The Morgan fingerprint density at radius 3 is 2.77 bits per heavy atom. The monoisotopic (exact) mass is 407 g/mol. The van der Waals surface area contributed by atoms with Gasteiger partial charge < -0.3 is 14.2 Å². The summed E-state index contributed by atoms with van der Waals surface area (Å²) in [6.07, 6.45) is 3.90. The van der Waals surface area contributed by atoms with Crippen molar-refractivity contribution in [2.75, 3.05) is 19.1 Å². The van der Waals surface area contributed by atoms with Crippen LogP contribution in [0.1, 0.15) is 41.0 Å². The van der Waals surface area contributed by atoms with Gasteiger partial charge in [-0.25, -0.2) is 9.37 Å².